The van der Waals surface area contributed by atoms with Gasteiger partial charge in [0.25, 0.3) is 0 Å². The Morgan fingerprint density at radius 3 is 1.67 bits per heavy atom. The van der Waals surface area contributed by atoms with Gasteiger partial charge in [-0.2, -0.15) is 9.97 Å². The molecule has 3 heterocycles. The number of benzene rings is 7. The summed E-state index contributed by atoms with van der Waals surface area (Å²) in [5, 5.41) is 7.43. The van der Waals surface area contributed by atoms with E-state index >= 15 is 0 Å². The lowest BCUT2D eigenvalue weighted by molar-refractivity contribution is 0.591. The fraction of sp³-hybridized carbons (Fsp3) is 0.0851. The van der Waals surface area contributed by atoms with Crippen LogP contribution in [0.4, 0.5) is 0 Å². The van der Waals surface area contributed by atoms with Gasteiger partial charge < -0.3 is 0 Å². The van der Waals surface area contributed by atoms with Gasteiger partial charge in [-0.25, -0.2) is 4.98 Å². The normalized spacial score (nSPS) is 12.1. The predicted molar refractivity (Wildman–Crippen MR) is 220 cm³/mol. The minimum atomic E-state index is -0.0257. The SMILES string of the molecule is CC(C)(C)c1ccc2c(c1)c1c3ccccc3c3c4cc(-c5ccccc5)ccc4sc3c1n2-c1nc(-c2ccccc2)nc(-c2ccccc2)n1. The Bertz CT molecular complexity index is 2920. The minimum Gasteiger partial charge on any atom is -0.276 e. The molecule has 0 aliphatic heterocycles. The van der Waals surface area contributed by atoms with Crippen LogP contribution in [0.15, 0.2) is 152 Å². The molecule has 0 aliphatic carbocycles. The van der Waals surface area contributed by atoms with E-state index < -0.39 is 0 Å². The van der Waals surface area contributed by atoms with Crippen molar-refractivity contribution in [2.24, 2.45) is 0 Å². The molecule has 0 N–H and O–H groups in total. The van der Waals surface area contributed by atoms with Gasteiger partial charge in [0.1, 0.15) is 0 Å². The Kier molecular flexibility index (Phi) is 6.89. The van der Waals surface area contributed by atoms with Gasteiger partial charge in [-0.1, -0.05) is 148 Å². The second kappa shape index (κ2) is 11.7. The average molecular weight is 687 g/mol. The Hall–Kier alpha value is -6.17. The fourth-order valence-corrected chi connectivity index (χ4v) is 8.85. The van der Waals surface area contributed by atoms with E-state index in [9.17, 15) is 0 Å². The molecule has 0 atom stereocenters. The number of nitrogens with zero attached hydrogens (tertiary/aromatic N) is 4. The van der Waals surface area contributed by atoms with Gasteiger partial charge in [0.05, 0.1) is 15.7 Å². The monoisotopic (exact) mass is 686 g/mol. The number of aromatic nitrogens is 4. The van der Waals surface area contributed by atoms with E-state index in [2.05, 4.69) is 141 Å². The van der Waals surface area contributed by atoms with Gasteiger partial charge in [0.15, 0.2) is 11.6 Å². The van der Waals surface area contributed by atoms with E-state index in [1.807, 2.05) is 47.7 Å². The summed E-state index contributed by atoms with van der Waals surface area (Å²) >= 11 is 1.85. The quantitative estimate of drug-likeness (QED) is 0.185. The summed E-state index contributed by atoms with van der Waals surface area (Å²) in [6.07, 6.45) is 0. The van der Waals surface area contributed by atoms with Crippen molar-refractivity contribution in [3.63, 3.8) is 0 Å². The molecule has 5 heteroatoms. The third kappa shape index (κ3) is 4.84. The summed E-state index contributed by atoms with van der Waals surface area (Å²) in [7, 11) is 0. The predicted octanol–water partition coefficient (Wildman–Crippen LogP) is 12.8. The Morgan fingerprint density at radius 1 is 0.481 bits per heavy atom. The van der Waals surface area contributed by atoms with Crippen molar-refractivity contribution >= 4 is 64.1 Å². The zero-order valence-corrected chi connectivity index (χ0v) is 29.9. The molecule has 52 heavy (non-hydrogen) atoms. The highest BCUT2D eigenvalue weighted by Crippen LogP contribution is 2.49. The molecule has 7 aromatic carbocycles. The summed E-state index contributed by atoms with van der Waals surface area (Å²) < 4.78 is 4.79. The molecular weight excluding hydrogens is 653 g/mol. The molecule has 10 rings (SSSR count). The summed E-state index contributed by atoms with van der Waals surface area (Å²) in [5.74, 6) is 1.90. The van der Waals surface area contributed by atoms with Crippen molar-refractivity contribution in [2.45, 2.75) is 26.2 Å². The van der Waals surface area contributed by atoms with Crippen molar-refractivity contribution in [1.82, 2.24) is 19.5 Å². The molecule has 4 nitrogen and oxygen atoms in total. The Balaban J connectivity index is 1.39. The lowest BCUT2D eigenvalue weighted by Crippen LogP contribution is -2.10. The van der Waals surface area contributed by atoms with Gasteiger partial charge in [0, 0.05) is 37.4 Å². The minimum absolute atomic E-state index is 0.0257. The molecule has 10 aromatic rings. The molecule has 0 unspecified atom stereocenters. The maximum Gasteiger partial charge on any atom is 0.238 e. The van der Waals surface area contributed by atoms with Crippen LogP contribution < -0.4 is 0 Å². The number of hydrogen-bond acceptors (Lipinski definition) is 4. The number of hydrogen-bond donors (Lipinski definition) is 0. The first-order chi connectivity index (χ1) is 25.4. The van der Waals surface area contributed by atoms with Crippen molar-refractivity contribution in [3.05, 3.63) is 157 Å². The molecular formula is C47H34N4S. The molecule has 0 saturated heterocycles. The summed E-state index contributed by atoms with van der Waals surface area (Å²) in [6, 6.07) is 53.9. The number of thiophene rings is 1. The lowest BCUT2D eigenvalue weighted by atomic mass is 9.86. The zero-order valence-electron chi connectivity index (χ0n) is 29.1. The van der Waals surface area contributed by atoms with E-state index in [1.54, 1.807) is 0 Å². The highest BCUT2D eigenvalue weighted by Gasteiger charge is 2.25. The van der Waals surface area contributed by atoms with Crippen LogP contribution in [0.3, 0.4) is 0 Å². The smallest absolute Gasteiger partial charge is 0.238 e. The topological polar surface area (TPSA) is 43.6 Å². The molecule has 0 spiro atoms. The fourth-order valence-electron chi connectivity index (χ4n) is 7.61. The molecule has 0 aliphatic rings. The molecule has 0 amide bonds. The molecule has 0 fully saturated rings. The van der Waals surface area contributed by atoms with Gasteiger partial charge >= 0.3 is 0 Å². The number of fused-ring (bicyclic) bond motifs is 10. The highest BCUT2D eigenvalue weighted by atomic mass is 32.1. The van der Waals surface area contributed by atoms with E-state index in [-0.39, 0.29) is 5.41 Å². The van der Waals surface area contributed by atoms with Gasteiger partial charge in [-0.3, -0.25) is 4.57 Å². The molecule has 0 saturated carbocycles. The first-order valence-corrected chi connectivity index (χ1v) is 18.5. The second-order valence-electron chi connectivity index (χ2n) is 14.5. The Labute approximate surface area is 305 Å². The molecule has 248 valence electrons. The van der Waals surface area contributed by atoms with Crippen molar-refractivity contribution in [3.8, 4) is 39.9 Å². The first kappa shape index (κ1) is 30.6. The van der Waals surface area contributed by atoms with Crippen LogP contribution in [0.1, 0.15) is 26.3 Å². The third-order valence-corrected chi connectivity index (χ3v) is 11.4. The van der Waals surface area contributed by atoms with Crippen molar-refractivity contribution < 1.29 is 0 Å². The molecule has 3 aromatic heterocycles. The van der Waals surface area contributed by atoms with E-state index in [4.69, 9.17) is 15.0 Å². The van der Waals surface area contributed by atoms with E-state index in [0.29, 0.717) is 17.6 Å². The van der Waals surface area contributed by atoms with Crippen LogP contribution in [0, 0.1) is 0 Å². The summed E-state index contributed by atoms with van der Waals surface area (Å²) in [4.78, 5) is 15.6. The third-order valence-electron chi connectivity index (χ3n) is 10.2. The van der Waals surface area contributed by atoms with Crippen LogP contribution in [-0.4, -0.2) is 19.5 Å². The van der Waals surface area contributed by atoms with Crippen LogP contribution in [0.25, 0.3) is 92.6 Å². The van der Waals surface area contributed by atoms with Gasteiger partial charge in [-0.05, 0) is 57.1 Å². The van der Waals surface area contributed by atoms with Crippen molar-refractivity contribution in [1.29, 1.82) is 0 Å². The van der Waals surface area contributed by atoms with E-state index in [0.717, 1.165) is 22.2 Å². The lowest BCUT2D eigenvalue weighted by Gasteiger charge is -2.19. The second-order valence-corrected chi connectivity index (χ2v) is 15.5. The summed E-state index contributed by atoms with van der Waals surface area (Å²) in [5.41, 5.74) is 7.79. The average Bonchev–Trinajstić information content (AvgIpc) is 3.75. The van der Waals surface area contributed by atoms with Gasteiger partial charge in [0.2, 0.25) is 5.95 Å². The van der Waals surface area contributed by atoms with Crippen molar-refractivity contribution in [2.75, 3.05) is 0 Å². The van der Waals surface area contributed by atoms with E-state index in [1.165, 1.54) is 58.4 Å². The van der Waals surface area contributed by atoms with Gasteiger partial charge in [-0.15, -0.1) is 11.3 Å². The Morgan fingerprint density at radius 2 is 1.06 bits per heavy atom. The standard InChI is InChI=1S/C47H34N4S/c1-47(2,3)33-24-25-38-36(28-33)40-34-21-13-14-22-35(34)41-37-27-32(29-15-7-4-8-16-29)23-26-39(37)52-43(41)42(40)51(38)46-49-44(30-17-9-5-10-18-30)48-45(50-46)31-19-11-6-12-20-31/h4-28H,1-3H3. The van der Waals surface area contributed by atoms with Crippen LogP contribution in [0.5, 0.6) is 0 Å². The zero-order chi connectivity index (χ0) is 35.0. The van der Waals surface area contributed by atoms with Crippen LogP contribution in [-0.2, 0) is 5.41 Å². The molecule has 0 bridgehead atoms. The maximum atomic E-state index is 5.28. The first-order valence-electron chi connectivity index (χ1n) is 17.7. The summed E-state index contributed by atoms with van der Waals surface area (Å²) in [6.45, 7) is 6.85. The maximum absolute atomic E-state index is 5.28. The largest absolute Gasteiger partial charge is 0.276 e. The van der Waals surface area contributed by atoms with Crippen LogP contribution >= 0.6 is 11.3 Å². The van der Waals surface area contributed by atoms with Crippen LogP contribution in [0.2, 0.25) is 0 Å². The number of rotatable bonds is 4. The highest BCUT2D eigenvalue weighted by molar-refractivity contribution is 7.27. The molecule has 0 radical (unpaired) electrons.